The fourth-order valence-electron chi connectivity index (χ4n) is 3.65. The Bertz CT molecular complexity index is 1300. The third-order valence-corrected chi connectivity index (χ3v) is 6.28. The summed E-state index contributed by atoms with van der Waals surface area (Å²) >= 11 is 0. The number of fused-ring (bicyclic) bond motifs is 1. The highest BCUT2D eigenvalue weighted by atomic mass is 32.2. The molecule has 1 aliphatic heterocycles. The van der Waals surface area contributed by atoms with E-state index >= 15 is 0 Å². The largest absolute Gasteiger partial charge is 0.457 e. The smallest absolute Gasteiger partial charge is 0.262 e. The molecule has 9 heteroatoms. The van der Waals surface area contributed by atoms with Gasteiger partial charge >= 0.3 is 0 Å². The van der Waals surface area contributed by atoms with Gasteiger partial charge in [0, 0.05) is 11.9 Å². The lowest BCUT2D eigenvalue weighted by Crippen LogP contribution is -2.48. The number of anilines is 1. The van der Waals surface area contributed by atoms with Crippen LogP contribution in [-0.4, -0.2) is 49.1 Å². The van der Waals surface area contributed by atoms with Crippen molar-refractivity contribution in [3.05, 3.63) is 90.0 Å². The SMILES string of the molecule is CS(=O)(=O)CCC(C(=O)Nc1ccc(Oc2ccccc2)cc1)N1C(=O)c2ccccc2C1=O. The molecule has 3 aromatic carbocycles. The summed E-state index contributed by atoms with van der Waals surface area (Å²) in [6, 6.07) is 20.7. The number of rotatable bonds is 8. The van der Waals surface area contributed by atoms with Crippen LogP contribution in [0.4, 0.5) is 5.69 Å². The number of benzene rings is 3. The van der Waals surface area contributed by atoms with Gasteiger partial charge in [-0.05, 0) is 55.0 Å². The van der Waals surface area contributed by atoms with Crippen LogP contribution < -0.4 is 10.1 Å². The van der Waals surface area contributed by atoms with Crippen molar-refractivity contribution in [3.63, 3.8) is 0 Å². The molecule has 1 unspecified atom stereocenters. The number of para-hydroxylation sites is 1. The van der Waals surface area contributed by atoms with Gasteiger partial charge in [0.25, 0.3) is 11.8 Å². The molecular formula is C25H22N2O6S. The van der Waals surface area contributed by atoms with Gasteiger partial charge in [0.2, 0.25) is 5.91 Å². The molecule has 3 amide bonds. The predicted octanol–water partition coefficient (Wildman–Crippen LogP) is 3.52. The second-order valence-corrected chi connectivity index (χ2v) is 10.1. The molecular weight excluding hydrogens is 456 g/mol. The average Bonchev–Trinajstić information content (AvgIpc) is 3.06. The van der Waals surface area contributed by atoms with Gasteiger partial charge in [-0.25, -0.2) is 8.42 Å². The maximum atomic E-state index is 13.2. The first-order valence-corrected chi connectivity index (χ1v) is 12.6. The summed E-state index contributed by atoms with van der Waals surface area (Å²) < 4.78 is 29.3. The van der Waals surface area contributed by atoms with Crippen LogP contribution in [0.3, 0.4) is 0 Å². The molecule has 1 atom stereocenters. The van der Waals surface area contributed by atoms with Gasteiger partial charge in [-0.1, -0.05) is 30.3 Å². The molecule has 0 saturated carbocycles. The number of sulfone groups is 1. The summed E-state index contributed by atoms with van der Waals surface area (Å²) in [5.41, 5.74) is 0.783. The van der Waals surface area contributed by atoms with Crippen molar-refractivity contribution < 1.29 is 27.5 Å². The molecule has 8 nitrogen and oxygen atoms in total. The molecule has 1 N–H and O–H groups in total. The number of imide groups is 1. The molecule has 0 spiro atoms. The first-order chi connectivity index (χ1) is 16.2. The Hall–Kier alpha value is -3.98. The molecule has 0 saturated heterocycles. The van der Waals surface area contributed by atoms with Crippen LogP contribution in [0.25, 0.3) is 0 Å². The van der Waals surface area contributed by atoms with E-state index in [0.717, 1.165) is 11.2 Å². The van der Waals surface area contributed by atoms with Crippen LogP contribution >= 0.6 is 0 Å². The third-order valence-electron chi connectivity index (χ3n) is 5.30. The van der Waals surface area contributed by atoms with Crippen molar-refractivity contribution in [1.29, 1.82) is 0 Å². The molecule has 0 aromatic heterocycles. The Morgan fingerprint density at radius 3 is 1.94 bits per heavy atom. The van der Waals surface area contributed by atoms with Crippen LogP contribution in [0.15, 0.2) is 78.9 Å². The number of carbonyl (C=O) groups is 3. The third kappa shape index (κ3) is 5.15. The Morgan fingerprint density at radius 1 is 0.853 bits per heavy atom. The van der Waals surface area contributed by atoms with E-state index in [1.807, 2.05) is 30.3 Å². The second-order valence-electron chi connectivity index (χ2n) is 7.89. The maximum absolute atomic E-state index is 13.2. The van der Waals surface area contributed by atoms with E-state index in [-0.39, 0.29) is 23.3 Å². The second kappa shape index (κ2) is 9.48. The van der Waals surface area contributed by atoms with Crippen LogP contribution in [0.5, 0.6) is 11.5 Å². The Morgan fingerprint density at radius 2 is 1.38 bits per heavy atom. The molecule has 174 valence electrons. The van der Waals surface area contributed by atoms with Gasteiger partial charge in [0.15, 0.2) is 0 Å². The molecule has 3 aromatic rings. The first kappa shape index (κ1) is 23.2. The lowest BCUT2D eigenvalue weighted by atomic mass is 10.1. The van der Waals surface area contributed by atoms with Crippen LogP contribution in [-0.2, 0) is 14.6 Å². The molecule has 0 bridgehead atoms. The van der Waals surface area contributed by atoms with E-state index in [2.05, 4.69) is 5.32 Å². The number of hydrogen-bond donors (Lipinski definition) is 1. The van der Waals surface area contributed by atoms with E-state index in [9.17, 15) is 22.8 Å². The van der Waals surface area contributed by atoms with Gasteiger partial charge in [-0.2, -0.15) is 0 Å². The standard InChI is InChI=1S/C25H22N2O6S/c1-34(31,32)16-15-22(27-24(29)20-9-5-6-10-21(20)25(27)30)23(28)26-17-11-13-19(14-12-17)33-18-7-3-2-4-8-18/h2-14,22H,15-16H2,1H3,(H,26,28). The summed E-state index contributed by atoms with van der Waals surface area (Å²) in [5, 5.41) is 2.68. The summed E-state index contributed by atoms with van der Waals surface area (Å²) in [4.78, 5) is 39.8. The van der Waals surface area contributed by atoms with Crippen molar-refractivity contribution in [2.75, 3.05) is 17.3 Å². The summed E-state index contributed by atoms with van der Waals surface area (Å²) in [7, 11) is -3.44. The average molecular weight is 479 g/mol. The predicted molar refractivity (Wildman–Crippen MR) is 127 cm³/mol. The van der Waals surface area contributed by atoms with Crippen molar-refractivity contribution in [2.24, 2.45) is 0 Å². The monoisotopic (exact) mass is 478 g/mol. The van der Waals surface area contributed by atoms with Crippen molar-refractivity contribution in [3.8, 4) is 11.5 Å². The highest BCUT2D eigenvalue weighted by molar-refractivity contribution is 7.90. The van der Waals surface area contributed by atoms with Gasteiger partial charge in [-0.15, -0.1) is 0 Å². The van der Waals surface area contributed by atoms with Crippen molar-refractivity contribution in [1.82, 2.24) is 4.90 Å². The zero-order valence-electron chi connectivity index (χ0n) is 18.3. The lowest BCUT2D eigenvalue weighted by Gasteiger charge is -2.25. The Kier molecular flexibility index (Phi) is 6.47. The normalized spacial score (nSPS) is 14.0. The molecule has 0 radical (unpaired) electrons. The lowest BCUT2D eigenvalue weighted by molar-refractivity contribution is -0.120. The van der Waals surface area contributed by atoms with Crippen LogP contribution in [0.1, 0.15) is 27.1 Å². The van der Waals surface area contributed by atoms with Gasteiger partial charge in [0.1, 0.15) is 27.4 Å². The Balaban J connectivity index is 1.53. The number of nitrogens with one attached hydrogen (secondary N) is 1. The summed E-state index contributed by atoms with van der Waals surface area (Å²) in [6.07, 6.45) is 0.821. The minimum Gasteiger partial charge on any atom is -0.457 e. The van der Waals surface area contributed by atoms with Crippen molar-refractivity contribution >= 4 is 33.2 Å². The fourth-order valence-corrected chi connectivity index (χ4v) is 4.30. The first-order valence-electron chi connectivity index (χ1n) is 10.5. The number of amides is 3. The fraction of sp³-hybridized carbons (Fsp3) is 0.160. The summed E-state index contributed by atoms with van der Waals surface area (Å²) in [6.45, 7) is 0. The molecule has 1 heterocycles. The quantitative estimate of drug-likeness (QED) is 0.496. The minimum atomic E-state index is -3.44. The number of hydrogen-bond acceptors (Lipinski definition) is 6. The maximum Gasteiger partial charge on any atom is 0.262 e. The van der Waals surface area contributed by atoms with Gasteiger partial charge < -0.3 is 10.1 Å². The van der Waals surface area contributed by atoms with E-state index in [4.69, 9.17) is 4.74 Å². The number of carbonyl (C=O) groups excluding carboxylic acids is 3. The summed E-state index contributed by atoms with van der Waals surface area (Å²) in [5.74, 6) is -1.05. The molecule has 34 heavy (non-hydrogen) atoms. The van der Waals surface area contributed by atoms with E-state index in [0.29, 0.717) is 17.2 Å². The zero-order valence-corrected chi connectivity index (χ0v) is 19.1. The highest BCUT2D eigenvalue weighted by Gasteiger charge is 2.42. The van der Waals surface area contributed by atoms with Gasteiger partial charge in [0.05, 0.1) is 16.9 Å². The van der Waals surface area contributed by atoms with Crippen LogP contribution in [0, 0.1) is 0 Å². The molecule has 1 aliphatic rings. The molecule has 0 aliphatic carbocycles. The van der Waals surface area contributed by atoms with Crippen molar-refractivity contribution in [2.45, 2.75) is 12.5 Å². The molecule has 0 fully saturated rings. The topological polar surface area (TPSA) is 110 Å². The number of nitrogens with zero attached hydrogens (tertiary/aromatic N) is 1. The van der Waals surface area contributed by atoms with Gasteiger partial charge in [-0.3, -0.25) is 19.3 Å². The zero-order chi connectivity index (χ0) is 24.3. The Labute approximate surface area is 197 Å². The minimum absolute atomic E-state index is 0.187. The number of ether oxygens (including phenoxy) is 1. The highest BCUT2D eigenvalue weighted by Crippen LogP contribution is 2.27. The molecule has 4 rings (SSSR count). The van der Waals surface area contributed by atoms with E-state index < -0.39 is 33.6 Å². The van der Waals surface area contributed by atoms with E-state index in [1.54, 1.807) is 36.4 Å². The van der Waals surface area contributed by atoms with Crippen LogP contribution in [0.2, 0.25) is 0 Å². The van der Waals surface area contributed by atoms with E-state index in [1.165, 1.54) is 12.1 Å².